The van der Waals surface area contributed by atoms with E-state index in [2.05, 4.69) is 4.90 Å². The maximum Gasteiger partial charge on any atom is 0.230 e. The number of hydrogen-bond donors (Lipinski definition) is 0. The van der Waals surface area contributed by atoms with E-state index in [1.54, 1.807) is 0 Å². The van der Waals surface area contributed by atoms with Crippen molar-refractivity contribution in [1.29, 1.82) is 0 Å². The van der Waals surface area contributed by atoms with E-state index in [1.807, 2.05) is 42.3 Å². The number of amides is 1. The number of rotatable bonds is 3. The normalized spacial score (nSPS) is 22.6. The summed E-state index contributed by atoms with van der Waals surface area (Å²) in [7, 11) is 1.92. The molecule has 0 saturated carbocycles. The van der Waals surface area contributed by atoms with Gasteiger partial charge >= 0.3 is 0 Å². The molecule has 1 amide bonds. The minimum Gasteiger partial charge on any atom is -0.339 e. The van der Waals surface area contributed by atoms with Crippen LogP contribution in [0.25, 0.3) is 0 Å². The molecule has 1 spiro atoms. The molecule has 3 nitrogen and oxygen atoms in total. The third-order valence-corrected chi connectivity index (χ3v) is 6.32. The van der Waals surface area contributed by atoms with E-state index in [0.717, 1.165) is 44.0 Å². The molecule has 1 atom stereocenters. The van der Waals surface area contributed by atoms with Crippen LogP contribution in [-0.4, -0.2) is 41.4 Å². The minimum atomic E-state index is -0.549. The Bertz CT molecular complexity index is 831. The summed E-state index contributed by atoms with van der Waals surface area (Å²) in [5.74, 6) is -0.920. The van der Waals surface area contributed by atoms with Crippen molar-refractivity contribution in [3.63, 3.8) is 0 Å². The second-order valence-electron chi connectivity index (χ2n) is 7.80. The molecular weight excluding hydrogens is 346 g/mol. The van der Waals surface area contributed by atoms with Crippen LogP contribution < -0.4 is 0 Å². The summed E-state index contributed by atoms with van der Waals surface area (Å²) in [6.07, 6.45) is 2.59. The van der Waals surface area contributed by atoms with E-state index < -0.39 is 11.6 Å². The Balaban J connectivity index is 1.44. The zero-order valence-corrected chi connectivity index (χ0v) is 15.5. The molecule has 2 heterocycles. The first-order chi connectivity index (χ1) is 13.0. The molecule has 2 aromatic rings. The number of halogens is 2. The van der Waals surface area contributed by atoms with E-state index >= 15 is 0 Å². The predicted molar refractivity (Wildman–Crippen MR) is 100 cm³/mol. The lowest BCUT2D eigenvalue weighted by Crippen LogP contribution is -2.51. The fraction of sp³-hybridized carbons (Fsp3) is 0.409. The van der Waals surface area contributed by atoms with Gasteiger partial charge in [0.25, 0.3) is 0 Å². The predicted octanol–water partition coefficient (Wildman–Crippen LogP) is 3.95. The molecule has 27 heavy (non-hydrogen) atoms. The molecule has 2 aromatic carbocycles. The van der Waals surface area contributed by atoms with Crippen molar-refractivity contribution >= 4 is 5.91 Å². The maximum absolute atomic E-state index is 13.9. The lowest BCUT2D eigenvalue weighted by molar-refractivity contribution is -0.131. The van der Waals surface area contributed by atoms with Crippen LogP contribution in [-0.2, 0) is 11.3 Å². The summed E-state index contributed by atoms with van der Waals surface area (Å²) in [6.45, 7) is 2.08. The number of hydrogen-bond acceptors (Lipinski definition) is 2. The van der Waals surface area contributed by atoms with Gasteiger partial charge in [0, 0.05) is 43.9 Å². The van der Waals surface area contributed by atoms with Crippen LogP contribution >= 0.6 is 0 Å². The Morgan fingerprint density at radius 3 is 2.44 bits per heavy atom. The Kier molecular flexibility index (Phi) is 4.72. The Morgan fingerprint density at radius 1 is 1.07 bits per heavy atom. The fourth-order valence-corrected chi connectivity index (χ4v) is 4.58. The highest BCUT2D eigenvalue weighted by Gasteiger charge is 2.50. The molecule has 2 fully saturated rings. The smallest absolute Gasteiger partial charge is 0.230 e. The van der Waals surface area contributed by atoms with Gasteiger partial charge in [-0.05, 0) is 30.9 Å². The van der Waals surface area contributed by atoms with Crippen LogP contribution in [0.5, 0.6) is 0 Å². The molecule has 2 aliphatic rings. The first kappa shape index (κ1) is 18.1. The maximum atomic E-state index is 13.9. The van der Waals surface area contributed by atoms with Gasteiger partial charge in [0.15, 0.2) is 0 Å². The highest BCUT2D eigenvalue weighted by atomic mass is 19.1. The van der Waals surface area contributed by atoms with Gasteiger partial charge in [-0.25, -0.2) is 8.78 Å². The average molecular weight is 370 g/mol. The van der Waals surface area contributed by atoms with Crippen LogP contribution in [0.2, 0.25) is 0 Å². The van der Waals surface area contributed by atoms with E-state index in [4.69, 9.17) is 0 Å². The monoisotopic (exact) mass is 370 g/mol. The molecule has 0 bridgehead atoms. The van der Waals surface area contributed by atoms with Crippen molar-refractivity contribution in [2.45, 2.75) is 37.3 Å². The van der Waals surface area contributed by atoms with Gasteiger partial charge in [-0.1, -0.05) is 36.4 Å². The molecule has 5 heteroatoms. The molecule has 0 N–H and O–H groups in total. The number of piperidine rings is 1. The van der Waals surface area contributed by atoms with E-state index in [9.17, 15) is 13.6 Å². The van der Waals surface area contributed by atoms with Gasteiger partial charge < -0.3 is 4.90 Å². The van der Waals surface area contributed by atoms with Gasteiger partial charge in [-0.3, -0.25) is 9.69 Å². The van der Waals surface area contributed by atoms with Crippen LogP contribution in [0.4, 0.5) is 8.78 Å². The Morgan fingerprint density at radius 2 is 1.78 bits per heavy atom. The van der Waals surface area contributed by atoms with Crippen molar-refractivity contribution in [3.8, 4) is 0 Å². The van der Waals surface area contributed by atoms with Crippen molar-refractivity contribution in [1.82, 2.24) is 9.80 Å². The number of likely N-dealkylation sites (tertiary alicyclic amines) is 2. The van der Waals surface area contributed by atoms with Crippen LogP contribution in [0, 0.1) is 11.6 Å². The van der Waals surface area contributed by atoms with Crippen molar-refractivity contribution in [2.24, 2.45) is 0 Å². The topological polar surface area (TPSA) is 23.6 Å². The zero-order valence-electron chi connectivity index (χ0n) is 15.5. The summed E-state index contributed by atoms with van der Waals surface area (Å²) < 4.78 is 27.0. The number of nitrogens with zero attached hydrogens (tertiary/aromatic N) is 2. The highest BCUT2D eigenvalue weighted by molar-refractivity contribution is 5.87. The number of carbonyl (C=O) groups is 1. The largest absolute Gasteiger partial charge is 0.339 e. The zero-order chi connectivity index (χ0) is 19.0. The summed E-state index contributed by atoms with van der Waals surface area (Å²) >= 11 is 0. The Labute approximate surface area is 158 Å². The lowest BCUT2D eigenvalue weighted by Gasteiger charge is -2.43. The second-order valence-corrected chi connectivity index (χ2v) is 7.80. The van der Waals surface area contributed by atoms with Crippen LogP contribution in [0.3, 0.4) is 0 Å². The van der Waals surface area contributed by atoms with Crippen LogP contribution in [0.15, 0.2) is 48.5 Å². The van der Waals surface area contributed by atoms with Gasteiger partial charge in [-0.2, -0.15) is 0 Å². The standard InChI is InChI=1S/C22H24F2N2O/c1-25-21(27)19(16-5-3-2-4-6-16)14-22(25)9-11-26(12-10-22)15-17-7-8-18(23)13-20(17)24/h2-8,13,19H,9-12,14-15H2,1H3/t19-/m1/s1. The molecule has 0 aromatic heterocycles. The molecule has 0 aliphatic carbocycles. The first-order valence-electron chi connectivity index (χ1n) is 9.47. The quantitative estimate of drug-likeness (QED) is 0.817. The lowest BCUT2D eigenvalue weighted by atomic mass is 9.81. The van der Waals surface area contributed by atoms with Crippen molar-refractivity contribution < 1.29 is 13.6 Å². The minimum absolute atomic E-state index is 0.0720. The molecule has 2 saturated heterocycles. The third kappa shape index (κ3) is 3.36. The number of benzene rings is 2. The Hall–Kier alpha value is -2.27. The van der Waals surface area contributed by atoms with Gasteiger partial charge in [-0.15, -0.1) is 0 Å². The SMILES string of the molecule is CN1C(=O)[C@@H](c2ccccc2)CC12CCN(Cc1ccc(F)cc1F)CC2. The molecule has 0 unspecified atom stereocenters. The van der Waals surface area contributed by atoms with Gasteiger partial charge in [0.05, 0.1) is 5.92 Å². The first-order valence-corrected chi connectivity index (χ1v) is 9.47. The highest BCUT2D eigenvalue weighted by Crippen LogP contribution is 2.45. The molecule has 142 valence electrons. The average Bonchev–Trinajstić information content (AvgIpc) is 2.92. The van der Waals surface area contributed by atoms with E-state index in [-0.39, 0.29) is 17.4 Å². The van der Waals surface area contributed by atoms with E-state index in [1.165, 1.54) is 12.1 Å². The fourth-order valence-electron chi connectivity index (χ4n) is 4.58. The third-order valence-electron chi connectivity index (χ3n) is 6.32. The van der Waals surface area contributed by atoms with E-state index in [0.29, 0.717) is 12.1 Å². The van der Waals surface area contributed by atoms with Gasteiger partial charge in [0.2, 0.25) is 5.91 Å². The number of likely N-dealkylation sites (N-methyl/N-ethyl adjacent to an activating group) is 1. The van der Waals surface area contributed by atoms with Gasteiger partial charge in [0.1, 0.15) is 11.6 Å². The number of carbonyl (C=O) groups excluding carboxylic acids is 1. The van der Waals surface area contributed by atoms with Crippen molar-refractivity contribution in [2.75, 3.05) is 20.1 Å². The summed E-state index contributed by atoms with van der Waals surface area (Å²) in [5.41, 5.74) is 1.49. The molecular formula is C22H24F2N2O. The second kappa shape index (κ2) is 7.04. The van der Waals surface area contributed by atoms with Crippen molar-refractivity contribution in [3.05, 3.63) is 71.3 Å². The molecule has 2 aliphatic heterocycles. The summed E-state index contributed by atoms with van der Waals surface area (Å²) in [4.78, 5) is 17.0. The summed E-state index contributed by atoms with van der Waals surface area (Å²) in [5, 5.41) is 0. The summed E-state index contributed by atoms with van der Waals surface area (Å²) in [6, 6.07) is 13.7. The molecule has 4 rings (SSSR count). The molecule has 0 radical (unpaired) electrons. The van der Waals surface area contributed by atoms with Crippen LogP contribution in [0.1, 0.15) is 36.3 Å².